The first-order chi connectivity index (χ1) is 7.35. The summed E-state index contributed by atoms with van der Waals surface area (Å²) in [4.78, 5) is 0. The fraction of sp³-hybridized carbons (Fsp3) is 0.500. The molecule has 0 spiro atoms. The molecule has 0 bridgehead atoms. The number of methoxy groups -OCH3 is 2. The highest BCUT2D eigenvalue weighted by molar-refractivity contribution is 5.41. The van der Waals surface area contributed by atoms with Gasteiger partial charge in [0, 0.05) is 18.9 Å². The van der Waals surface area contributed by atoms with Crippen molar-refractivity contribution in [1.82, 2.24) is 0 Å². The molecule has 0 amide bonds. The number of rotatable bonds is 3. The first-order valence-corrected chi connectivity index (χ1v) is 5.40. The number of hydrogen-bond donors (Lipinski definition) is 1. The summed E-state index contributed by atoms with van der Waals surface area (Å²) < 4.78 is 10.6. The highest BCUT2D eigenvalue weighted by Crippen LogP contribution is 2.30. The lowest BCUT2D eigenvalue weighted by molar-refractivity contribution is -0.676. The molecule has 0 radical (unpaired) electrons. The largest absolute Gasteiger partial charge is 0.497 e. The van der Waals surface area contributed by atoms with Crippen molar-refractivity contribution >= 4 is 0 Å². The average Bonchev–Trinajstić information content (AvgIpc) is 2.81. The summed E-state index contributed by atoms with van der Waals surface area (Å²) in [6.45, 7) is 1.22. The van der Waals surface area contributed by atoms with Crippen LogP contribution in [0.4, 0.5) is 0 Å². The van der Waals surface area contributed by atoms with Gasteiger partial charge in [-0.1, -0.05) is 0 Å². The maximum Gasteiger partial charge on any atom is 0.131 e. The monoisotopic (exact) mass is 208 g/mol. The second kappa shape index (κ2) is 4.53. The minimum Gasteiger partial charge on any atom is -0.497 e. The SMILES string of the molecule is COc1ccc([C@H]2CCC[NH2+]2)c(OC)c1. The van der Waals surface area contributed by atoms with Gasteiger partial charge < -0.3 is 14.8 Å². The van der Waals surface area contributed by atoms with Crippen molar-refractivity contribution < 1.29 is 14.8 Å². The third-order valence-electron chi connectivity index (χ3n) is 3.01. The van der Waals surface area contributed by atoms with Crippen LogP contribution in [0.2, 0.25) is 0 Å². The summed E-state index contributed by atoms with van der Waals surface area (Å²) in [5.74, 6) is 1.80. The minimum absolute atomic E-state index is 0.561. The molecule has 2 N–H and O–H groups in total. The van der Waals surface area contributed by atoms with E-state index < -0.39 is 0 Å². The molecule has 1 atom stereocenters. The van der Waals surface area contributed by atoms with Crippen LogP contribution in [0.15, 0.2) is 18.2 Å². The van der Waals surface area contributed by atoms with Crippen molar-refractivity contribution in [2.24, 2.45) is 0 Å². The zero-order chi connectivity index (χ0) is 10.7. The van der Waals surface area contributed by atoms with Crippen LogP contribution < -0.4 is 14.8 Å². The summed E-state index contributed by atoms with van der Waals surface area (Å²) in [6.07, 6.45) is 2.53. The molecule has 0 saturated carbocycles. The molecule has 0 aliphatic carbocycles. The fourth-order valence-electron chi connectivity index (χ4n) is 2.18. The van der Waals surface area contributed by atoms with Crippen LogP contribution in [-0.2, 0) is 0 Å². The lowest BCUT2D eigenvalue weighted by Gasteiger charge is -2.13. The van der Waals surface area contributed by atoms with Crippen molar-refractivity contribution in [2.45, 2.75) is 18.9 Å². The van der Waals surface area contributed by atoms with E-state index in [9.17, 15) is 0 Å². The molecule has 1 aliphatic rings. The topological polar surface area (TPSA) is 35.1 Å². The van der Waals surface area contributed by atoms with E-state index in [0.717, 1.165) is 11.5 Å². The van der Waals surface area contributed by atoms with Crippen LogP contribution in [0.25, 0.3) is 0 Å². The molecule has 0 aromatic heterocycles. The lowest BCUT2D eigenvalue weighted by atomic mass is 10.0. The fourth-order valence-corrected chi connectivity index (χ4v) is 2.18. The van der Waals surface area contributed by atoms with Crippen molar-refractivity contribution in [3.8, 4) is 11.5 Å². The van der Waals surface area contributed by atoms with Crippen molar-refractivity contribution in [2.75, 3.05) is 20.8 Å². The maximum atomic E-state index is 5.40. The number of ether oxygens (including phenoxy) is 2. The molecule has 1 aliphatic heterocycles. The van der Waals surface area contributed by atoms with Gasteiger partial charge in [0.25, 0.3) is 0 Å². The Morgan fingerprint density at radius 3 is 2.73 bits per heavy atom. The standard InChI is InChI=1S/C12H17NO2/c1-14-9-5-6-10(12(8-9)15-2)11-4-3-7-13-11/h5-6,8,11,13H,3-4,7H2,1-2H3/p+1/t11-/m1/s1. The van der Waals surface area contributed by atoms with Crippen LogP contribution >= 0.6 is 0 Å². The van der Waals surface area contributed by atoms with Gasteiger partial charge in [-0.25, -0.2) is 0 Å². The number of nitrogens with two attached hydrogens (primary N) is 1. The van der Waals surface area contributed by atoms with Gasteiger partial charge in [0.2, 0.25) is 0 Å². The highest BCUT2D eigenvalue weighted by Gasteiger charge is 2.23. The van der Waals surface area contributed by atoms with E-state index in [2.05, 4.69) is 11.4 Å². The van der Waals surface area contributed by atoms with Crippen molar-refractivity contribution in [3.05, 3.63) is 23.8 Å². The third-order valence-corrected chi connectivity index (χ3v) is 3.01. The molecule has 0 unspecified atom stereocenters. The van der Waals surface area contributed by atoms with E-state index in [1.165, 1.54) is 24.9 Å². The van der Waals surface area contributed by atoms with E-state index in [-0.39, 0.29) is 0 Å². The van der Waals surface area contributed by atoms with Crippen LogP contribution in [0.1, 0.15) is 24.4 Å². The Labute approximate surface area is 90.4 Å². The molecule has 82 valence electrons. The summed E-state index contributed by atoms with van der Waals surface area (Å²) in [6, 6.07) is 6.64. The van der Waals surface area contributed by atoms with E-state index in [1.54, 1.807) is 14.2 Å². The first kappa shape index (κ1) is 10.3. The molecule has 1 saturated heterocycles. The van der Waals surface area contributed by atoms with Gasteiger partial charge >= 0.3 is 0 Å². The average molecular weight is 208 g/mol. The zero-order valence-corrected chi connectivity index (χ0v) is 9.32. The Morgan fingerprint density at radius 2 is 2.13 bits per heavy atom. The van der Waals surface area contributed by atoms with Gasteiger partial charge in [-0.3, -0.25) is 0 Å². The summed E-state index contributed by atoms with van der Waals surface area (Å²) in [5, 5.41) is 2.38. The van der Waals surface area contributed by atoms with Crippen molar-refractivity contribution in [1.29, 1.82) is 0 Å². The lowest BCUT2D eigenvalue weighted by Crippen LogP contribution is -2.81. The Kier molecular flexibility index (Phi) is 3.11. The predicted octanol–water partition coefficient (Wildman–Crippen LogP) is 1.10. The van der Waals surface area contributed by atoms with Gasteiger partial charge in [0.1, 0.15) is 17.5 Å². The number of benzene rings is 1. The molecule has 3 heteroatoms. The van der Waals surface area contributed by atoms with E-state index in [1.807, 2.05) is 12.1 Å². The van der Waals surface area contributed by atoms with Gasteiger partial charge in [-0.15, -0.1) is 0 Å². The minimum atomic E-state index is 0.561. The van der Waals surface area contributed by atoms with Crippen LogP contribution in [0, 0.1) is 0 Å². The molecule has 1 aromatic carbocycles. The second-order valence-electron chi connectivity index (χ2n) is 3.88. The van der Waals surface area contributed by atoms with Gasteiger partial charge in [-0.2, -0.15) is 0 Å². The Morgan fingerprint density at radius 1 is 1.27 bits per heavy atom. The molecule has 15 heavy (non-hydrogen) atoms. The number of hydrogen-bond acceptors (Lipinski definition) is 2. The second-order valence-corrected chi connectivity index (χ2v) is 3.88. The van der Waals surface area contributed by atoms with Crippen LogP contribution in [-0.4, -0.2) is 20.8 Å². The quantitative estimate of drug-likeness (QED) is 0.807. The van der Waals surface area contributed by atoms with E-state index in [0.29, 0.717) is 6.04 Å². The Balaban J connectivity index is 2.29. The molecular weight excluding hydrogens is 190 g/mol. The first-order valence-electron chi connectivity index (χ1n) is 5.40. The highest BCUT2D eigenvalue weighted by atomic mass is 16.5. The predicted molar refractivity (Wildman–Crippen MR) is 58.3 cm³/mol. The normalized spacial score (nSPS) is 20.3. The van der Waals surface area contributed by atoms with Crippen molar-refractivity contribution in [3.63, 3.8) is 0 Å². The van der Waals surface area contributed by atoms with Gasteiger partial charge in [0.15, 0.2) is 0 Å². The molecule has 1 heterocycles. The summed E-state index contributed by atoms with van der Waals surface area (Å²) in [7, 11) is 3.39. The molecule has 2 rings (SSSR count). The zero-order valence-electron chi connectivity index (χ0n) is 9.32. The molecule has 1 aromatic rings. The summed E-state index contributed by atoms with van der Waals surface area (Å²) >= 11 is 0. The van der Waals surface area contributed by atoms with E-state index in [4.69, 9.17) is 9.47 Å². The molecular formula is C12H18NO2+. The number of quaternary nitrogens is 1. The van der Waals surface area contributed by atoms with Gasteiger partial charge in [-0.05, 0) is 12.1 Å². The molecule has 1 fully saturated rings. The van der Waals surface area contributed by atoms with E-state index >= 15 is 0 Å². The maximum absolute atomic E-state index is 5.40. The Hall–Kier alpha value is -1.22. The third kappa shape index (κ3) is 2.07. The van der Waals surface area contributed by atoms with Gasteiger partial charge in [0.05, 0.1) is 26.3 Å². The summed E-state index contributed by atoms with van der Waals surface area (Å²) in [5.41, 5.74) is 1.29. The smallest absolute Gasteiger partial charge is 0.131 e. The Bertz CT molecular complexity index is 332. The van der Waals surface area contributed by atoms with Crippen LogP contribution in [0.3, 0.4) is 0 Å². The molecule has 3 nitrogen and oxygen atoms in total. The van der Waals surface area contributed by atoms with Crippen LogP contribution in [0.5, 0.6) is 11.5 Å².